The van der Waals surface area contributed by atoms with E-state index < -0.39 is 25.9 Å². The molecule has 0 saturated carbocycles. The second-order valence-electron chi connectivity index (χ2n) is 4.63. The summed E-state index contributed by atoms with van der Waals surface area (Å²) in [6.07, 6.45) is 0. The maximum Gasteiger partial charge on any atom is 0.311 e. The molecule has 0 heterocycles. The van der Waals surface area contributed by atoms with Crippen molar-refractivity contribution in [1.29, 1.82) is 0 Å². The van der Waals surface area contributed by atoms with Gasteiger partial charge in [-0.1, -0.05) is 6.92 Å². The smallest absolute Gasteiger partial charge is 0.311 e. The van der Waals surface area contributed by atoms with Crippen molar-refractivity contribution >= 4 is 25.9 Å². The van der Waals surface area contributed by atoms with E-state index in [1.807, 2.05) is 0 Å². The van der Waals surface area contributed by atoms with Crippen LogP contribution in [0.3, 0.4) is 0 Å². The minimum atomic E-state index is -1.82. The van der Waals surface area contributed by atoms with Crippen LogP contribution in [-0.4, -0.2) is 25.9 Å². The van der Waals surface area contributed by atoms with Gasteiger partial charge in [-0.2, -0.15) is 0 Å². The minimum Gasteiger partial charge on any atom is -0.437 e. The van der Waals surface area contributed by atoms with Gasteiger partial charge in [0.1, 0.15) is 0 Å². The third kappa shape index (κ3) is 14.8. The van der Waals surface area contributed by atoms with Crippen LogP contribution in [0.15, 0.2) is 0 Å². The average molecular weight is 428 g/mol. The van der Waals surface area contributed by atoms with Crippen LogP contribution in [0.25, 0.3) is 0 Å². The van der Waals surface area contributed by atoms with Crippen molar-refractivity contribution < 1.29 is 73.6 Å². The molecule has 0 bridgehead atoms. The first-order valence-electron chi connectivity index (χ1n) is 4.88. The second-order valence-corrected chi connectivity index (χ2v) is 15.1. The molecule has 0 N–H and O–H groups in total. The van der Waals surface area contributed by atoms with Gasteiger partial charge in [0.25, 0.3) is 0 Å². The van der Waals surface area contributed by atoms with E-state index in [4.69, 9.17) is 8.23 Å². The maximum atomic E-state index is 6.17. The number of rotatable bonds is 5. The van der Waals surface area contributed by atoms with E-state index >= 15 is 0 Å². The summed E-state index contributed by atoms with van der Waals surface area (Å²) in [6, 6.07) is 1.17. The van der Waals surface area contributed by atoms with Gasteiger partial charge in [0.15, 0.2) is 17.4 Å². The van der Waals surface area contributed by atoms with Crippen LogP contribution in [0.4, 0.5) is 0 Å². The fourth-order valence-corrected chi connectivity index (χ4v) is 11.6. The maximum absolute atomic E-state index is 6.17. The van der Waals surface area contributed by atoms with Crippen molar-refractivity contribution in [2.24, 2.45) is 0 Å². The van der Waals surface area contributed by atoms with Crippen LogP contribution in [0.1, 0.15) is 6.92 Å². The Kier molecular flexibility index (Phi) is 19.7. The summed E-state index contributed by atoms with van der Waals surface area (Å²) in [5, 5.41) is 0. The third-order valence-corrected chi connectivity index (χ3v) is 11.3. The number of hydrogen-bond acceptors (Lipinski definition) is 2. The Balaban J connectivity index is -0.000000240. The van der Waals surface area contributed by atoms with Gasteiger partial charge in [0, 0.05) is 65.4 Å². The molecule has 93 valence electrons. The van der Waals surface area contributed by atoms with Gasteiger partial charge in [-0.15, -0.1) is 0 Å². The van der Waals surface area contributed by atoms with Gasteiger partial charge in [-0.3, -0.25) is 0 Å². The Morgan fingerprint density at radius 2 is 1.38 bits per heavy atom. The molecule has 0 aromatic carbocycles. The Labute approximate surface area is 157 Å². The minimum absolute atomic E-state index is 0. The summed E-state index contributed by atoms with van der Waals surface area (Å²) in [4.78, 5) is 0. The Bertz CT molecular complexity index is 167. The quantitative estimate of drug-likeness (QED) is 0.492. The molecular formula is C9H26O2Si3Y2-. The van der Waals surface area contributed by atoms with Gasteiger partial charge in [0.2, 0.25) is 0 Å². The van der Waals surface area contributed by atoms with Crippen LogP contribution in [0, 0.1) is 7.43 Å². The van der Waals surface area contributed by atoms with Crippen molar-refractivity contribution in [2.75, 3.05) is 0 Å². The first-order valence-corrected chi connectivity index (χ1v) is 13.2. The summed E-state index contributed by atoms with van der Waals surface area (Å²) in [7, 11) is -3.85. The molecule has 0 rings (SSSR count). The third-order valence-electron chi connectivity index (χ3n) is 1.82. The van der Waals surface area contributed by atoms with E-state index in [1.165, 1.54) is 6.04 Å². The number of hydrogen-bond donors (Lipinski definition) is 0. The van der Waals surface area contributed by atoms with E-state index in [-0.39, 0.29) is 72.8 Å². The van der Waals surface area contributed by atoms with Crippen LogP contribution < -0.4 is 0 Å². The van der Waals surface area contributed by atoms with E-state index in [9.17, 15) is 0 Å². The standard InChI is InChI=1S/C8H23O2Si3.CH3.2Y/c1-8-12(4,5)10-13(6,7)9-11(2)3;;;/h8H2,1-7H3;1H3;;/q;-1;;. The molecule has 0 aliphatic rings. The van der Waals surface area contributed by atoms with Crippen molar-refractivity contribution in [1.82, 2.24) is 0 Å². The average Bonchev–Trinajstić information content (AvgIpc) is 1.81. The molecule has 0 spiro atoms. The first kappa shape index (κ1) is 27.2. The zero-order chi connectivity index (χ0) is 10.7. The summed E-state index contributed by atoms with van der Waals surface area (Å²) in [6.45, 7) is 15.4. The topological polar surface area (TPSA) is 18.5 Å². The van der Waals surface area contributed by atoms with Crippen molar-refractivity contribution in [2.45, 2.75) is 52.2 Å². The van der Waals surface area contributed by atoms with E-state index in [0.29, 0.717) is 0 Å². The molecule has 0 unspecified atom stereocenters. The molecule has 2 nitrogen and oxygen atoms in total. The van der Waals surface area contributed by atoms with E-state index in [0.717, 1.165) is 0 Å². The molecule has 0 aliphatic heterocycles. The molecule has 7 heteroatoms. The summed E-state index contributed by atoms with van der Waals surface area (Å²) in [5.41, 5.74) is 0. The van der Waals surface area contributed by atoms with Gasteiger partial charge in [0.05, 0.1) is 0 Å². The van der Waals surface area contributed by atoms with Crippen LogP contribution in [0.5, 0.6) is 0 Å². The van der Waals surface area contributed by atoms with Gasteiger partial charge in [-0.05, 0) is 45.3 Å². The molecule has 0 aromatic heterocycles. The largest absolute Gasteiger partial charge is 0.437 e. The molecular weight excluding hydrogens is 402 g/mol. The molecule has 0 aliphatic carbocycles. The summed E-state index contributed by atoms with van der Waals surface area (Å²) < 4.78 is 12.1. The van der Waals surface area contributed by atoms with Crippen LogP contribution in [0.2, 0.25) is 45.3 Å². The molecule has 0 atom stereocenters. The molecule has 0 aromatic rings. The van der Waals surface area contributed by atoms with E-state index in [2.05, 4.69) is 46.2 Å². The van der Waals surface area contributed by atoms with Crippen molar-refractivity contribution in [3.8, 4) is 0 Å². The van der Waals surface area contributed by atoms with Gasteiger partial charge < -0.3 is 15.7 Å². The molecule has 0 fully saturated rings. The molecule has 0 saturated heterocycles. The monoisotopic (exact) mass is 428 g/mol. The van der Waals surface area contributed by atoms with Crippen LogP contribution in [-0.2, 0) is 73.6 Å². The SMILES string of the molecule is CC[Si](C)(C)O[Si](C)(C)O[Si](C)C.[CH3-].[Y].[Y]. The predicted octanol–water partition coefficient (Wildman–Crippen LogP) is 3.64. The molecule has 3 radical (unpaired) electrons. The fraction of sp³-hybridized carbons (Fsp3) is 0.889. The van der Waals surface area contributed by atoms with E-state index in [1.54, 1.807) is 0 Å². The van der Waals surface area contributed by atoms with Crippen LogP contribution >= 0.6 is 0 Å². The zero-order valence-corrected chi connectivity index (χ0v) is 20.9. The van der Waals surface area contributed by atoms with Gasteiger partial charge >= 0.3 is 8.56 Å². The Morgan fingerprint density at radius 1 is 1.00 bits per heavy atom. The molecule has 0 amide bonds. The first-order chi connectivity index (χ1) is 5.68. The normalized spacial score (nSPS) is 11.2. The zero-order valence-electron chi connectivity index (χ0n) is 12.2. The summed E-state index contributed by atoms with van der Waals surface area (Å²) in [5.74, 6) is 0. The predicted molar refractivity (Wildman–Crippen MR) is 71.5 cm³/mol. The molecule has 16 heavy (non-hydrogen) atoms. The van der Waals surface area contributed by atoms with Crippen molar-refractivity contribution in [3.05, 3.63) is 7.43 Å². The Hall–Kier alpha value is 2.78. The second kappa shape index (κ2) is 11.6. The Morgan fingerprint density at radius 3 is 1.62 bits per heavy atom. The fourth-order valence-electron chi connectivity index (χ4n) is 1.25. The summed E-state index contributed by atoms with van der Waals surface area (Å²) >= 11 is 0. The van der Waals surface area contributed by atoms with Crippen molar-refractivity contribution in [3.63, 3.8) is 0 Å². The van der Waals surface area contributed by atoms with Gasteiger partial charge in [-0.25, -0.2) is 0 Å².